The van der Waals surface area contributed by atoms with Crippen molar-refractivity contribution in [2.45, 2.75) is 0 Å². The minimum atomic E-state index is 1.27. The lowest BCUT2D eigenvalue weighted by Gasteiger charge is -1.89. The van der Waals surface area contributed by atoms with Crippen LogP contribution in [0.2, 0.25) is 0 Å². The Balaban J connectivity index is 2.92. The first kappa shape index (κ1) is 6.40. The van der Waals surface area contributed by atoms with Crippen LogP contribution in [0.4, 0.5) is 0 Å². The molecule has 0 N–H and O–H groups in total. The molecule has 2 aromatic rings. The van der Waals surface area contributed by atoms with Crippen LogP contribution in [-0.2, 0) is 14.1 Å². The molecule has 0 bridgehead atoms. The lowest BCUT2D eigenvalue weighted by atomic mass is 10.3. The van der Waals surface area contributed by atoms with Gasteiger partial charge in [-0.1, -0.05) is 12.1 Å². The number of para-hydroxylation sites is 1. The van der Waals surface area contributed by atoms with Crippen molar-refractivity contribution in [3.63, 3.8) is 0 Å². The molecule has 2 heteroatoms. The van der Waals surface area contributed by atoms with E-state index < -0.39 is 0 Å². The standard InChI is InChI=1S/C9H11N2/c1-10-7-8-5-3-4-6-9(8)11(10)2/h3-7H,1-2H3/q+1. The third-order valence-corrected chi connectivity index (χ3v) is 2.08. The summed E-state index contributed by atoms with van der Waals surface area (Å²) in [4.78, 5) is 0. The Morgan fingerprint density at radius 2 is 2.00 bits per heavy atom. The highest BCUT2D eigenvalue weighted by Gasteiger charge is 2.05. The average Bonchev–Trinajstić information content (AvgIpc) is 2.30. The number of fused-ring (bicyclic) bond motifs is 1. The summed E-state index contributed by atoms with van der Waals surface area (Å²) in [6, 6.07) is 8.36. The van der Waals surface area contributed by atoms with Gasteiger partial charge in [0.1, 0.15) is 5.52 Å². The SMILES string of the molecule is Cn1c2ccccc2c[n+]1C. The van der Waals surface area contributed by atoms with Crippen LogP contribution in [0, 0.1) is 0 Å². The summed E-state index contributed by atoms with van der Waals surface area (Å²) in [6.07, 6.45) is 2.12. The summed E-state index contributed by atoms with van der Waals surface area (Å²) < 4.78 is 4.19. The van der Waals surface area contributed by atoms with Crippen molar-refractivity contribution >= 4 is 10.9 Å². The molecule has 56 valence electrons. The number of hydrogen-bond acceptors (Lipinski definition) is 0. The van der Waals surface area contributed by atoms with Crippen LogP contribution in [-0.4, -0.2) is 4.68 Å². The highest BCUT2D eigenvalue weighted by Crippen LogP contribution is 2.08. The Bertz CT molecular complexity index is 387. The van der Waals surface area contributed by atoms with Crippen LogP contribution in [0.5, 0.6) is 0 Å². The molecule has 0 radical (unpaired) electrons. The normalized spacial score (nSPS) is 10.7. The topological polar surface area (TPSA) is 8.81 Å². The summed E-state index contributed by atoms with van der Waals surface area (Å²) >= 11 is 0. The summed E-state index contributed by atoms with van der Waals surface area (Å²) in [5.41, 5.74) is 1.27. The van der Waals surface area contributed by atoms with E-state index in [2.05, 4.69) is 46.9 Å². The third kappa shape index (κ3) is 0.827. The van der Waals surface area contributed by atoms with Crippen molar-refractivity contribution in [1.29, 1.82) is 0 Å². The maximum Gasteiger partial charge on any atom is 0.203 e. The van der Waals surface area contributed by atoms with Crippen LogP contribution in [0.25, 0.3) is 10.9 Å². The van der Waals surface area contributed by atoms with Crippen LogP contribution in [0.3, 0.4) is 0 Å². The molecule has 0 amide bonds. The fraction of sp³-hybridized carbons (Fsp3) is 0.222. The van der Waals surface area contributed by atoms with E-state index >= 15 is 0 Å². The van der Waals surface area contributed by atoms with E-state index in [-0.39, 0.29) is 0 Å². The Kier molecular flexibility index (Phi) is 1.22. The van der Waals surface area contributed by atoms with Gasteiger partial charge in [-0.05, 0) is 12.1 Å². The van der Waals surface area contributed by atoms with Gasteiger partial charge in [-0.25, -0.2) is 0 Å². The zero-order valence-electron chi connectivity index (χ0n) is 6.78. The molecule has 2 nitrogen and oxygen atoms in total. The molecule has 1 heterocycles. The molecule has 0 aliphatic heterocycles. The van der Waals surface area contributed by atoms with Gasteiger partial charge < -0.3 is 0 Å². The van der Waals surface area contributed by atoms with Crippen LogP contribution in [0.1, 0.15) is 0 Å². The summed E-state index contributed by atoms with van der Waals surface area (Å²) in [5.74, 6) is 0. The fourth-order valence-electron chi connectivity index (χ4n) is 1.35. The van der Waals surface area contributed by atoms with Gasteiger partial charge in [0.05, 0.1) is 12.4 Å². The fourth-order valence-corrected chi connectivity index (χ4v) is 1.35. The van der Waals surface area contributed by atoms with Crippen LogP contribution in [0.15, 0.2) is 30.5 Å². The number of rotatable bonds is 0. The third-order valence-electron chi connectivity index (χ3n) is 2.08. The molecule has 2 rings (SSSR count). The summed E-state index contributed by atoms with van der Waals surface area (Å²) in [5, 5.41) is 1.29. The number of nitrogens with zero attached hydrogens (tertiary/aromatic N) is 2. The van der Waals surface area contributed by atoms with E-state index in [0.717, 1.165) is 0 Å². The second-order valence-corrected chi connectivity index (χ2v) is 2.79. The molecule has 0 aliphatic rings. The Morgan fingerprint density at radius 1 is 1.27 bits per heavy atom. The van der Waals surface area contributed by atoms with E-state index in [0.29, 0.717) is 0 Å². The number of aromatic nitrogens is 2. The average molecular weight is 147 g/mol. The first-order valence-corrected chi connectivity index (χ1v) is 3.69. The van der Waals surface area contributed by atoms with E-state index in [1.165, 1.54) is 10.9 Å². The highest BCUT2D eigenvalue weighted by atomic mass is 15.4. The maximum absolute atomic E-state index is 2.12. The van der Waals surface area contributed by atoms with Gasteiger partial charge in [-0.2, -0.15) is 4.68 Å². The van der Waals surface area contributed by atoms with E-state index in [9.17, 15) is 0 Å². The summed E-state index contributed by atoms with van der Waals surface area (Å²) in [6.45, 7) is 0. The van der Waals surface area contributed by atoms with Gasteiger partial charge in [0, 0.05) is 0 Å². The van der Waals surface area contributed by atoms with Gasteiger partial charge in [0.15, 0.2) is 7.05 Å². The van der Waals surface area contributed by atoms with Crippen molar-refractivity contribution in [2.24, 2.45) is 14.1 Å². The predicted molar refractivity (Wildman–Crippen MR) is 44.1 cm³/mol. The van der Waals surface area contributed by atoms with Gasteiger partial charge in [0.25, 0.3) is 0 Å². The molecule has 0 saturated carbocycles. The van der Waals surface area contributed by atoms with Gasteiger partial charge in [-0.15, -0.1) is 4.68 Å². The molecule has 0 unspecified atom stereocenters. The van der Waals surface area contributed by atoms with E-state index in [1.54, 1.807) is 0 Å². The lowest BCUT2D eigenvalue weighted by Crippen LogP contribution is -2.35. The molecule has 1 aromatic carbocycles. The quantitative estimate of drug-likeness (QED) is 0.492. The largest absolute Gasteiger partial charge is 0.203 e. The molecular weight excluding hydrogens is 136 g/mol. The molecule has 0 saturated heterocycles. The first-order chi connectivity index (χ1) is 5.29. The van der Waals surface area contributed by atoms with Crippen molar-refractivity contribution in [3.8, 4) is 0 Å². The molecule has 0 spiro atoms. The Hall–Kier alpha value is -1.31. The maximum atomic E-state index is 2.12. The Labute approximate surface area is 65.7 Å². The van der Waals surface area contributed by atoms with Gasteiger partial charge in [0.2, 0.25) is 6.20 Å². The Morgan fingerprint density at radius 3 is 2.73 bits per heavy atom. The summed E-state index contributed by atoms with van der Waals surface area (Å²) in [7, 11) is 4.10. The minimum Gasteiger partial charge on any atom is -0.156 e. The number of aryl methyl sites for hydroxylation is 2. The van der Waals surface area contributed by atoms with Gasteiger partial charge >= 0.3 is 0 Å². The van der Waals surface area contributed by atoms with Crippen LogP contribution >= 0.6 is 0 Å². The van der Waals surface area contributed by atoms with E-state index in [1.807, 2.05) is 7.05 Å². The molecule has 11 heavy (non-hydrogen) atoms. The second-order valence-electron chi connectivity index (χ2n) is 2.79. The number of benzene rings is 1. The molecule has 0 atom stereocenters. The second kappa shape index (κ2) is 2.09. The minimum absolute atomic E-state index is 1.27. The van der Waals surface area contributed by atoms with Crippen molar-refractivity contribution in [2.75, 3.05) is 0 Å². The molecule has 0 fully saturated rings. The lowest BCUT2D eigenvalue weighted by molar-refractivity contribution is -0.748. The van der Waals surface area contributed by atoms with Gasteiger partial charge in [-0.3, -0.25) is 0 Å². The van der Waals surface area contributed by atoms with Crippen molar-refractivity contribution < 1.29 is 4.68 Å². The smallest absolute Gasteiger partial charge is 0.156 e. The molecule has 0 aliphatic carbocycles. The van der Waals surface area contributed by atoms with Crippen LogP contribution < -0.4 is 4.68 Å². The number of hydrogen-bond donors (Lipinski definition) is 0. The molecule has 1 aromatic heterocycles. The zero-order valence-corrected chi connectivity index (χ0v) is 6.78. The first-order valence-electron chi connectivity index (χ1n) is 3.69. The monoisotopic (exact) mass is 147 g/mol. The predicted octanol–water partition coefficient (Wildman–Crippen LogP) is 1.00. The molecular formula is C9H11N2+. The van der Waals surface area contributed by atoms with Crippen molar-refractivity contribution in [3.05, 3.63) is 30.5 Å². The van der Waals surface area contributed by atoms with E-state index in [4.69, 9.17) is 0 Å². The highest BCUT2D eigenvalue weighted by molar-refractivity contribution is 5.76. The zero-order chi connectivity index (χ0) is 7.84. The van der Waals surface area contributed by atoms with Crippen molar-refractivity contribution in [1.82, 2.24) is 4.68 Å².